The van der Waals surface area contributed by atoms with Gasteiger partial charge in [0.25, 0.3) is 0 Å². The standard InChI is InChI=1S/C24H30N2O7/c27-16-4-3-14-9-17-24(31)6-5-15(25-18(28)11-32-12-19(29)30)22-23(24,20(14)21(16)33-22)7-8-26(17)10-13-1-2-13/h3-4,13,15,17,22,27,31H,1-2,5-12H2,(H,25,28)(H,29,30)/t15?,17-,22+,23+,24-/m1/s1. The molecule has 2 heterocycles. The molecule has 2 saturated carbocycles. The molecule has 4 N–H and O–H groups in total. The summed E-state index contributed by atoms with van der Waals surface area (Å²) < 4.78 is 11.3. The molecule has 1 aromatic carbocycles. The van der Waals surface area contributed by atoms with E-state index in [2.05, 4.69) is 10.2 Å². The number of carboxylic acids is 1. The third kappa shape index (κ3) is 3.02. The van der Waals surface area contributed by atoms with Gasteiger partial charge < -0.3 is 30.1 Å². The van der Waals surface area contributed by atoms with E-state index in [0.29, 0.717) is 25.0 Å². The largest absolute Gasteiger partial charge is 0.504 e. The fourth-order valence-corrected chi connectivity index (χ4v) is 7.11. The van der Waals surface area contributed by atoms with Crippen LogP contribution in [0, 0.1) is 5.92 Å². The molecule has 1 spiro atoms. The van der Waals surface area contributed by atoms with E-state index in [0.717, 1.165) is 36.6 Å². The molecule has 178 valence electrons. The lowest BCUT2D eigenvalue weighted by Gasteiger charge is -2.64. The SMILES string of the molecule is O=C(O)COCC(=O)NC1CC[C@@]2(O)[C@H]3Cc4ccc(O)c5c4[C@@]2(CCN3CC2CC2)[C@H]1O5. The zero-order valence-corrected chi connectivity index (χ0v) is 18.5. The summed E-state index contributed by atoms with van der Waals surface area (Å²) in [5, 5.41) is 34.7. The molecule has 1 saturated heterocycles. The normalized spacial score (nSPS) is 36.1. The molecule has 3 fully saturated rings. The van der Waals surface area contributed by atoms with Gasteiger partial charge in [0.2, 0.25) is 5.91 Å². The second kappa shape index (κ2) is 7.32. The number of likely N-dealkylation sites (tertiary alicyclic amines) is 1. The van der Waals surface area contributed by atoms with Crippen LogP contribution in [0.3, 0.4) is 0 Å². The minimum absolute atomic E-state index is 0.0171. The molecule has 0 aromatic heterocycles. The number of benzene rings is 1. The first-order valence-corrected chi connectivity index (χ1v) is 11.9. The van der Waals surface area contributed by atoms with Crippen LogP contribution in [0.5, 0.6) is 11.5 Å². The number of ether oxygens (including phenoxy) is 2. The average Bonchev–Trinajstić information content (AvgIpc) is 3.50. The molecule has 33 heavy (non-hydrogen) atoms. The number of phenolic OH excluding ortho intramolecular Hbond substituents is 1. The molecule has 0 radical (unpaired) electrons. The number of nitrogens with one attached hydrogen (secondary N) is 1. The zero-order chi connectivity index (χ0) is 23.0. The van der Waals surface area contributed by atoms with Gasteiger partial charge in [0, 0.05) is 18.2 Å². The maximum absolute atomic E-state index is 12.5. The number of carbonyl (C=O) groups is 2. The molecule has 2 bridgehead atoms. The fourth-order valence-electron chi connectivity index (χ4n) is 7.11. The maximum Gasteiger partial charge on any atom is 0.329 e. The molecule has 1 aromatic rings. The summed E-state index contributed by atoms with van der Waals surface area (Å²) in [5.41, 5.74) is 0.325. The van der Waals surface area contributed by atoms with Crippen molar-refractivity contribution in [1.82, 2.24) is 10.2 Å². The minimum atomic E-state index is -1.13. The van der Waals surface area contributed by atoms with Crippen LogP contribution in [0.15, 0.2) is 12.1 Å². The van der Waals surface area contributed by atoms with Crippen LogP contribution in [0.25, 0.3) is 0 Å². The second-order valence-corrected chi connectivity index (χ2v) is 10.4. The van der Waals surface area contributed by atoms with Crippen molar-refractivity contribution in [2.45, 2.75) is 67.7 Å². The minimum Gasteiger partial charge on any atom is -0.504 e. The van der Waals surface area contributed by atoms with E-state index in [4.69, 9.17) is 14.6 Å². The summed E-state index contributed by atoms with van der Waals surface area (Å²) in [5.74, 6) is -0.322. The molecular formula is C24H30N2O7. The Balaban J connectivity index is 1.34. The number of carboxylic acid groups (broad SMARTS) is 1. The molecule has 5 aliphatic rings. The number of amides is 1. The van der Waals surface area contributed by atoms with Gasteiger partial charge in [0.15, 0.2) is 11.5 Å². The monoisotopic (exact) mass is 458 g/mol. The first-order chi connectivity index (χ1) is 15.8. The van der Waals surface area contributed by atoms with Gasteiger partial charge in [-0.15, -0.1) is 0 Å². The molecule has 5 atom stereocenters. The summed E-state index contributed by atoms with van der Waals surface area (Å²) >= 11 is 0. The number of aliphatic hydroxyl groups is 1. The number of hydrogen-bond donors (Lipinski definition) is 4. The molecule has 9 nitrogen and oxygen atoms in total. The predicted molar refractivity (Wildman–Crippen MR) is 115 cm³/mol. The Morgan fingerprint density at radius 2 is 2.03 bits per heavy atom. The Bertz CT molecular complexity index is 1010. The van der Waals surface area contributed by atoms with E-state index in [-0.39, 0.29) is 24.4 Å². The van der Waals surface area contributed by atoms with Crippen LogP contribution < -0.4 is 10.1 Å². The van der Waals surface area contributed by atoms with Crippen LogP contribution in [-0.4, -0.2) is 82.2 Å². The van der Waals surface area contributed by atoms with E-state index in [1.807, 2.05) is 6.07 Å². The van der Waals surface area contributed by atoms with Gasteiger partial charge in [-0.1, -0.05) is 6.07 Å². The van der Waals surface area contributed by atoms with Gasteiger partial charge in [-0.25, -0.2) is 4.79 Å². The van der Waals surface area contributed by atoms with Crippen LogP contribution in [0.2, 0.25) is 0 Å². The quantitative estimate of drug-likeness (QED) is 0.466. The van der Waals surface area contributed by atoms with Gasteiger partial charge in [-0.3, -0.25) is 9.69 Å². The van der Waals surface area contributed by atoms with Gasteiger partial charge in [-0.05, 0) is 62.6 Å². The molecule has 1 amide bonds. The summed E-state index contributed by atoms with van der Waals surface area (Å²) in [7, 11) is 0. The molecule has 6 rings (SSSR count). The Morgan fingerprint density at radius 1 is 1.21 bits per heavy atom. The Kier molecular flexibility index (Phi) is 4.70. The molecule has 2 aliphatic heterocycles. The van der Waals surface area contributed by atoms with E-state index in [1.54, 1.807) is 6.07 Å². The van der Waals surface area contributed by atoms with E-state index >= 15 is 0 Å². The van der Waals surface area contributed by atoms with E-state index in [1.165, 1.54) is 12.8 Å². The number of carbonyl (C=O) groups excluding carboxylic acids is 1. The van der Waals surface area contributed by atoms with E-state index < -0.39 is 35.6 Å². The van der Waals surface area contributed by atoms with Crippen molar-refractivity contribution in [3.05, 3.63) is 23.3 Å². The average molecular weight is 459 g/mol. The highest BCUT2D eigenvalue weighted by atomic mass is 16.5. The third-order valence-electron chi connectivity index (χ3n) is 8.57. The van der Waals surface area contributed by atoms with Gasteiger partial charge in [0.1, 0.15) is 19.3 Å². The Labute approximate surface area is 191 Å². The lowest BCUT2D eigenvalue weighted by molar-refractivity contribution is -0.192. The summed E-state index contributed by atoms with van der Waals surface area (Å²) in [6.45, 7) is 0.965. The number of aromatic hydroxyl groups is 1. The molecular weight excluding hydrogens is 428 g/mol. The number of nitrogens with zero attached hydrogens (tertiary/aromatic N) is 1. The molecule has 3 aliphatic carbocycles. The Morgan fingerprint density at radius 3 is 2.79 bits per heavy atom. The number of piperidine rings is 1. The van der Waals surface area contributed by atoms with Crippen molar-refractivity contribution in [1.29, 1.82) is 0 Å². The lowest BCUT2D eigenvalue weighted by Crippen LogP contribution is -2.78. The maximum atomic E-state index is 12.5. The van der Waals surface area contributed by atoms with Gasteiger partial charge >= 0.3 is 5.97 Å². The van der Waals surface area contributed by atoms with Crippen molar-refractivity contribution in [3.8, 4) is 11.5 Å². The van der Waals surface area contributed by atoms with Crippen LogP contribution in [0.1, 0.15) is 43.2 Å². The second-order valence-electron chi connectivity index (χ2n) is 10.4. The first kappa shape index (κ1) is 21.2. The van der Waals surface area contributed by atoms with Crippen molar-refractivity contribution in [2.75, 3.05) is 26.3 Å². The number of phenols is 1. The topological polar surface area (TPSA) is 129 Å². The lowest BCUT2D eigenvalue weighted by atomic mass is 9.48. The summed E-state index contributed by atoms with van der Waals surface area (Å²) in [6, 6.07) is 3.23. The third-order valence-corrected chi connectivity index (χ3v) is 8.57. The van der Waals surface area contributed by atoms with Crippen molar-refractivity contribution < 1.29 is 34.4 Å². The highest BCUT2D eigenvalue weighted by molar-refractivity contribution is 5.78. The smallest absolute Gasteiger partial charge is 0.329 e. The molecule has 9 heteroatoms. The number of aliphatic carboxylic acids is 1. The fraction of sp³-hybridized carbons (Fsp3) is 0.667. The number of hydrogen-bond acceptors (Lipinski definition) is 7. The van der Waals surface area contributed by atoms with Gasteiger partial charge in [-0.2, -0.15) is 0 Å². The predicted octanol–water partition coefficient (Wildman–Crippen LogP) is 0.542. The highest BCUT2D eigenvalue weighted by Crippen LogP contribution is 2.65. The highest BCUT2D eigenvalue weighted by Gasteiger charge is 2.73. The van der Waals surface area contributed by atoms with Crippen molar-refractivity contribution in [2.24, 2.45) is 5.92 Å². The molecule has 1 unspecified atom stereocenters. The van der Waals surface area contributed by atoms with Crippen molar-refractivity contribution in [3.63, 3.8) is 0 Å². The van der Waals surface area contributed by atoms with E-state index in [9.17, 15) is 19.8 Å². The summed E-state index contributed by atoms with van der Waals surface area (Å²) in [4.78, 5) is 25.6. The summed E-state index contributed by atoms with van der Waals surface area (Å²) in [6.07, 6.45) is 4.48. The van der Waals surface area contributed by atoms with Crippen LogP contribution >= 0.6 is 0 Å². The first-order valence-electron chi connectivity index (χ1n) is 11.9. The van der Waals surface area contributed by atoms with Crippen molar-refractivity contribution >= 4 is 11.9 Å². The number of rotatable bonds is 7. The Hall–Kier alpha value is -2.36. The van der Waals surface area contributed by atoms with Crippen LogP contribution in [0.4, 0.5) is 0 Å². The van der Waals surface area contributed by atoms with Gasteiger partial charge in [0.05, 0.1) is 17.1 Å². The zero-order valence-electron chi connectivity index (χ0n) is 18.5. The van der Waals surface area contributed by atoms with Crippen LogP contribution in [-0.2, 0) is 26.2 Å².